The van der Waals surface area contributed by atoms with Gasteiger partial charge in [0.25, 0.3) is 0 Å². The van der Waals surface area contributed by atoms with Crippen molar-refractivity contribution < 1.29 is 9.53 Å². The Kier molecular flexibility index (Phi) is 8.18. The van der Waals surface area contributed by atoms with Gasteiger partial charge in [0.2, 0.25) is 5.91 Å². The SMILES string of the molecule is COCc1ccccc1NC(N)=NCC(=O)NCC1CC1.I. The molecule has 1 saturated carbocycles. The lowest BCUT2D eigenvalue weighted by molar-refractivity contribution is -0.119. The van der Waals surface area contributed by atoms with Gasteiger partial charge in [-0.1, -0.05) is 18.2 Å². The molecule has 0 unspecified atom stereocenters. The van der Waals surface area contributed by atoms with E-state index in [1.165, 1.54) is 12.8 Å². The van der Waals surface area contributed by atoms with Gasteiger partial charge in [0.05, 0.1) is 6.61 Å². The Hall–Kier alpha value is -1.35. The number of methoxy groups -OCH3 is 1. The third-order valence-corrected chi connectivity index (χ3v) is 3.26. The lowest BCUT2D eigenvalue weighted by Crippen LogP contribution is -2.30. The monoisotopic (exact) mass is 418 g/mol. The van der Waals surface area contributed by atoms with Crippen LogP contribution < -0.4 is 16.4 Å². The highest BCUT2D eigenvalue weighted by Crippen LogP contribution is 2.27. The number of benzene rings is 1. The lowest BCUT2D eigenvalue weighted by Gasteiger charge is -2.10. The molecule has 0 saturated heterocycles. The first-order valence-corrected chi connectivity index (χ1v) is 7.09. The zero-order chi connectivity index (χ0) is 15.1. The molecule has 1 aliphatic rings. The van der Waals surface area contributed by atoms with E-state index in [2.05, 4.69) is 15.6 Å². The molecule has 1 aromatic rings. The smallest absolute Gasteiger partial charge is 0.241 e. The second-order valence-electron chi connectivity index (χ2n) is 5.16. The van der Waals surface area contributed by atoms with Crippen LogP contribution in [0.1, 0.15) is 18.4 Å². The van der Waals surface area contributed by atoms with Gasteiger partial charge in [0.1, 0.15) is 6.54 Å². The van der Waals surface area contributed by atoms with E-state index in [1.54, 1.807) is 7.11 Å². The molecule has 0 bridgehead atoms. The molecule has 22 heavy (non-hydrogen) atoms. The highest BCUT2D eigenvalue weighted by Gasteiger charge is 2.21. The quantitative estimate of drug-likeness (QED) is 0.357. The standard InChI is InChI=1S/C15H22N4O2.HI/c1-21-10-12-4-2-3-5-13(12)19-15(16)18-9-14(20)17-8-11-6-7-11;/h2-5,11H,6-10H2,1H3,(H,17,20)(H3,16,18,19);1H. The zero-order valence-corrected chi connectivity index (χ0v) is 15.0. The minimum absolute atomic E-state index is 0. The lowest BCUT2D eigenvalue weighted by atomic mass is 10.2. The average Bonchev–Trinajstić information content (AvgIpc) is 3.29. The number of carbonyl (C=O) groups is 1. The second kappa shape index (κ2) is 9.62. The van der Waals surface area contributed by atoms with Crippen LogP contribution in [0.15, 0.2) is 29.3 Å². The summed E-state index contributed by atoms with van der Waals surface area (Å²) in [6.07, 6.45) is 2.42. The van der Waals surface area contributed by atoms with Crippen LogP contribution in [0.25, 0.3) is 0 Å². The number of carbonyl (C=O) groups excluding carboxylic acids is 1. The van der Waals surface area contributed by atoms with E-state index in [-0.39, 0.29) is 42.4 Å². The maximum Gasteiger partial charge on any atom is 0.241 e. The normalized spacial score (nSPS) is 14.1. The Morgan fingerprint density at radius 3 is 2.82 bits per heavy atom. The van der Waals surface area contributed by atoms with Crippen molar-refractivity contribution in [1.29, 1.82) is 0 Å². The van der Waals surface area contributed by atoms with Gasteiger partial charge < -0.3 is 21.1 Å². The highest BCUT2D eigenvalue weighted by atomic mass is 127. The number of nitrogens with one attached hydrogen (secondary N) is 2. The van der Waals surface area contributed by atoms with Gasteiger partial charge in [-0.25, -0.2) is 4.99 Å². The van der Waals surface area contributed by atoms with Crippen molar-refractivity contribution in [3.05, 3.63) is 29.8 Å². The first-order chi connectivity index (χ1) is 10.2. The minimum atomic E-state index is -0.100. The van der Waals surface area contributed by atoms with Gasteiger partial charge in [-0.05, 0) is 24.8 Å². The molecule has 0 aliphatic heterocycles. The molecule has 6 nitrogen and oxygen atoms in total. The number of rotatable bonds is 7. The Morgan fingerprint density at radius 1 is 1.41 bits per heavy atom. The largest absolute Gasteiger partial charge is 0.380 e. The number of aliphatic imine (C=N–C) groups is 1. The Morgan fingerprint density at radius 2 is 2.14 bits per heavy atom. The Labute approximate surface area is 147 Å². The van der Waals surface area contributed by atoms with Crippen LogP contribution in [0.5, 0.6) is 0 Å². The van der Waals surface area contributed by atoms with E-state index in [9.17, 15) is 4.79 Å². The van der Waals surface area contributed by atoms with Crippen LogP contribution in [-0.4, -0.2) is 32.1 Å². The first-order valence-electron chi connectivity index (χ1n) is 7.09. The molecule has 122 valence electrons. The molecule has 7 heteroatoms. The summed E-state index contributed by atoms with van der Waals surface area (Å²) in [7, 11) is 1.64. The van der Waals surface area contributed by atoms with Crippen LogP contribution in [0.4, 0.5) is 5.69 Å². The molecule has 1 aliphatic carbocycles. The van der Waals surface area contributed by atoms with E-state index in [1.807, 2.05) is 24.3 Å². The summed E-state index contributed by atoms with van der Waals surface area (Å²) >= 11 is 0. The molecular formula is C15H23IN4O2. The predicted molar refractivity (Wildman–Crippen MR) is 98.4 cm³/mol. The van der Waals surface area contributed by atoms with Gasteiger partial charge in [-0.2, -0.15) is 0 Å². The predicted octanol–water partition coefficient (Wildman–Crippen LogP) is 1.70. The van der Waals surface area contributed by atoms with E-state index >= 15 is 0 Å². The summed E-state index contributed by atoms with van der Waals surface area (Å²) in [5.41, 5.74) is 7.62. The average molecular weight is 418 g/mol. The van der Waals surface area contributed by atoms with Crippen molar-refractivity contribution >= 4 is 41.5 Å². The van der Waals surface area contributed by atoms with Crippen molar-refractivity contribution in [3.63, 3.8) is 0 Å². The summed E-state index contributed by atoms with van der Waals surface area (Å²) < 4.78 is 5.12. The number of para-hydroxylation sites is 1. The molecule has 1 aromatic carbocycles. The minimum Gasteiger partial charge on any atom is -0.380 e. The van der Waals surface area contributed by atoms with E-state index in [4.69, 9.17) is 10.5 Å². The fraction of sp³-hybridized carbons (Fsp3) is 0.467. The van der Waals surface area contributed by atoms with E-state index in [0.29, 0.717) is 12.5 Å². The zero-order valence-electron chi connectivity index (χ0n) is 12.7. The molecular weight excluding hydrogens is 395 g/mol. The van der Waals surface area contributed by atoms with Gasteiger partial charge >= 0.3 is 0 Å². The van der Waals surface area contributed by atoms with Gasteiger partial charge in [0, 0.05) is 24.9 Å². The second-order valence-corrected chi connectivity index (χ2v) is 5.16. The summed E-state index contributed by atoms with van der Waals surface area (Å²) in [5, 5.41) is 5.84. The number of guanidine groups is 1. The first kappa shape index (κ1) is 18.7. The Balaban J connectivity index is 0.00000242. The van der Waals surface area contributed by atoms with Crippen LogP contribution in [-0.2, 0) is 16.1 Å². The van der Waals surface area contributed by atoms with Crippen molar-refractivity contribution in [2.24, 2.45) is 16.6 Å². The highest BCUT2D eigenvalue weighted by molar-refractivity contribution is 14.0. The number of halogens is 1. The topological polar surface area (TPSA) is 88.7 Å². The maximum absolute atomic E-state index is 11.6. The fourth-order valence-electron chi connectivity index (χ4n) is 1.89. The van der Waals surface area contributed by atoms with Crippen LogP contribution in [0.2, 0.25) is 0 Å². The number of amides is 1. The third-order valence-electron chi connectivity index (χ3n) is 3.26. The molecule has 0 radical (unpaired) electrons. The molecule has 1 amide bonds. The van der Waals surface area contributed by atoms with Crippen molar-refractivity contribution in [2.45, 2.75) is 19.4 Å². The molecule has 1 fully saturated rings. The summed E-state index contributed by atoms with van der Waals surface area (Å²) in [6.45, 7) is 1.27. The molecule has 0 aromatic heterocycles. The summed E-state index contributed by atoms with van der Waals surface area (Å²) in [4.78, 5) is 15.6. The van der Waals surface area contributed by atoms with Gasteiger partial charge in [-0.15, -0.1) is 24.0 Å². The maximum atomic E-state index is 11.6. The van der Waals surface area contributed by atoms with Crippen LogP contribution >= 0.6 is 24.0 Å². The van der Waals surface area contributed by atoms with E-state index in [0.717, 1.165) is 17.8 Å². The Bertz CT molecular complexity index is 518. The molecule has 0 atom stereocenters. The molecule has 0 heterocycles. The number of nitrogens with zero attached hydrogens (tertiary/aromatic N) is 1. The number of ether oxygens (including phenoxy) is 1. The third kappa shape index (κ3) is 6.61. The van der Waals surface area contributed by atoms with Crippen LogP contribution in [0.3, 0.4) is 0 Å². The number of hydrogen-bond donors (Lipinski definition) is 3. The van der Waals surface area contributed by atoms with Gasteiger partial charge in [0.15, 0.2) is 5.96 Å². The number of hydrogen-bond acceptors (Lipinski definition) is 3. The summed E-state index contributed by atoms with van der Waals surface area (Å²) in [6, 6.07) is 7.67. The molecule has 2 rings (SSSR count). The molecule has 0 spiro atoms. The van der Waals surface area contributed by atoms with Crippen molar-refractivity contribution in [2.75, 3.05) is 25.5 Å². The fourth-order valence-corrected chi connectivity index (χ4v) is 1.89. The summed E-state index contributed by atoms with van der Waals surface area (Å²) in [5.74, 6) is 0.784. The molecule has 4 N–H and O–H groups in total. The van der Waals surface area contributed by atoms with Crippen molar-refractivity contribution in [3.8, 4) is 0 Å². The van der Waals surface area contributed by atoms with E-state index < -0.39 is 0 Å². The number of nitrogens with two attached hydrogens (primary N) is 1. The van der Waals surface area contributed by atoms with Crippen LogP contribution in [0, 0.1) is 5.92 Å². The number of anilines is 1. The van der Waals surface area contributed by atoms with Crippen molar-refractivity contribution in [1.82, 2.24) is 5.32 Å². The van der Waals surface area contributed by atoms with Gasteiger partial charge in [-0.3, -0.25) is 4.79 Å².